The number of hydrogen-bond donors (Lipinski definition) is 0. The van der Waals surface area contributed by atoms with Crippen molar-refractivity contribution in [1.82, 2.24) is 9.97 Å². The van der Waals surface area contributed by atoms with Gasteiger partial charge in [0.2, 0.25) is 5.88 Å². The lowest BCUT2D eigenvalue weighted by molar-refractivity contribution is 0.0724. The van der Waals surface area contributed by atoms with Crippen LogP contribution in [0.3, 0.4) is 0 Å². The number of rotatable bonds is 8. The van der Waals surface area contributed by atoms with Crippen LogP contribution in [0.4, 0.5) is 0 Å². The van der Waals surface area contributed by atoms with Crippen molar-refractivity contribution in [3.8, 4) is 5.88 Å². The van der Waals surface area contributed by atoms with E-state index in [9.17, 15) is 8.42 Å². The Kier molecular flexibility index (Phi) is 6.19. The maximum absolute atomic E-state index is 11.4. The smallest absolute Gasteiger partial charge is 0.223 e. The quantitative estimate of drug-likeness (QED) is 0.267. The third-order valence-corrected chi connectivity index (χ3v) is 6.27. The molecule has 2 aromatic heterocycles. The summed E-state index contributed by atoms with van der Waals surface area (Å²) in [5, 5.41) is 5.53. The van der Waals surface area contributed by atoms with Gasteiger partial charge in [-0.25, -0.2) is 18.4 Å². The lowest BCUT2D eigenvalue weighted by Crippen LogP contribution is -2.37. The minimum absolute atomic E-state index is 0.100. The second kappa shape index (κ2) is 8.31. The van der Waals surface area contributed by atoms with Crippen LogP contribution in [0.1, 0.15) is 25.3 Å². The SMILES string of the molecule is COCC(C)(N=[N+]=[N-])c1cnc(OC2CC(CS(C)(=O)=O)C2)c2cnc(Cl)cc12. The first kappa shape index (κ1) is 21.6. The lowest BCUT2D eigenvalue weighted by atomic mass is 9.84. The zero-order valence-corrected chi connectivity index (χ0v) is 17.9. The number of nitrogens with zero attached hydrogens (tertiary/aromatic N) is 5. The molecule has 1 aliphatic carbocycles. The van der Waals surface area contributed by atoms with Crippen molar-refractivity contribution in [1.29, 1.82) is 0 Å². The molecule has 0 aliphatic heterocycles. The number of sulfone groups is 1. The van der Waals surface area contributed by atoms with Crippen molar-refractivity contribution >= 4 is 32.2 Å². The van der Waals surface area contributed by atoms with E-state index in [1.54, 1.807) is 25.4 Å². The Hall–Kier alpha value is -2.13. The van der Waals surface area contributed by atoms with Crippen molar-refractivity contribution in [2.45, 2.75) is 31.4 Å². The van der Waals surface area contributed by atoms with Gasteiger partial charge in [-0.15, -0.1) is 0 Å². The van der Waals surface area contributed by atoms with E-state index in [0.29, 0.717) is 35.1 Å². The summed E-state index contributed by atoms with van der Waals surface area (Å²) in [5.74, 6) is 0.651. The van der Waals surface area contributed by atoms with Gasteiger partial charge >= 0.3 is 0 Å². The van der Waals surface area contributed by atoms with Gasteiger partial charge < -0.3 is 9.47 Å². The van der Waals surface area contributed by atoms with Gasteiger partial charge in [-0.05, 0) is 48.2 Å². The van der Waals surface area contributed by atoms with E-state index in [0.717, 1.165) is 0 Å². The lowest BCUT2D eigenvalue weighted by Gasteiger charge is -2.35. The van der Waals surface area contributed by atoms with Crippen molar-refractivity contribution in [2.75, 3.05) is 25.7 Å². The van der Waals surface area contributed by atoms with E-state index in [1.165, 1.54) is 13.4 Å². The van der Waals surface area contributed by atoms with Gasteiger partial charge in [-0.3, -0.25) is 0 Å². The minimum atomic E-state index is -3.00. The second-order valence-corrected chi connectivity index (χ2v) is 10.2. The summed E-state index contributed by atoms with van der Waals surface area (Å²) in [5.41, 5.74) is 8.67. The summed E-state index contributed by atoms with van der Waals surface area (Å²) in [4.78, 5) is 11.5. The Morgan fingerprint density at radius 3 is 2.69 bits per heavy atom. The van der Waals surface area contributed by atoms with Crippen LogP contribution in [0.2, 0.25) is 5.15 Å². The standard InChI is InChI=1S/C18H22ClN5O4S/c1-18(10-27-2,23-24-20)15-8-22-17(14-7-21-16(19)6-13(14)15)28-12-4-11(5-12)9-29(3,25)26/h6-8,11-12H,4-5,9-10H2,1-3H3. The van der Waals surface area contributed by atoms with Crippen LogP contribution in [0.25, 0.3) is 21.2 Å². The Morgan fingerprint density at radius 1 is 1.34 bits per heavy atom. The number of methoxy groups -OCH3 is 1. The molecule has 9 nitrogen and oxygen atoms in total. The van der Waals surface area contributed by atoms with E-state index in [1.807, 2.05) is 0 Å². The second-order valence-electron chi connectivity index (χ2n) is 7.60. The minimum Gasteiger partial charge on any atom is -0.474 e. The molecule has 3 rings (SSSR count). The fourth-order valence-electron chi connectivity index (χ4n) is 3.64. The van der Waals surface area contributed by atoms with Crippen LogP contribution < -0.4 is 4.74 Å². The van der Waals surface area contributed by atoms with Crippen LogP contribution in [-0.4, -0.2) is 50.2 Å². The first-order valence-corrected chi connectivity index (χ1v) is 11.4. The molecule has 11 heteroatoms. The number of ether oxygens (including phenoxy) is 2. The Balaban J connectivity index is 1.93. The van der Waals surface area contributed by atoms with Crippen molar-refractivity contribution in [3.63, 3.8) is 0 Å². The zero-order chi connectivity index (χ0) is 21.2. The molecule has 0 bridgehead atoms. The van der Waals surface area contributed by atoms with Crippen molar-refractivity contribution in [3.05, 3.63) is 39.6 Å². The maximum Gasteiger partial charge on any atom is 0.223 e. The maximum atomic E-state index is 11.4. The Morgan fingerprint density at radius 2 is 2.07 bits per heavy atom. The molecule has 1 saturated carbocycles. The van der Waals surface area contributed by atoms with E-state index < -0.39 is 15.4 Å². The van der Waals surface area contributed by atoms with E-state index in [2.05, 4.69) is 20.0 Å². The average molecular weight is 440 g/mol. The van der Waals surface area contributed by atoms with Crippen LogP contribution >= 0.6 is 11.6 Å². The molecule has 0 saturated heterocycles. The monoisotopic (exact) mass is 439 g/mol. The third kappa shape index (κ3) is 4.90. The highest BCUT2D eigenvalue weighted by Crippen LogP contribution is 2.38. The molecule has 2 heterocycles. The summed E-state index contributed by atoms with van der Waals surface area (Å²) in [7, 11) is -1.48. The molecular formula is C18H22ClN5O4S. The van der Waals surface area contributed by atoms with Gasteiger partial charge in [-0.2, -0.15) is 0 Å². The van der Waals surface area contributed by atoms with Crippen molar-refractivity contribution < 1.29 is 17.9 Å². The molecule has 0 N–H and O–H groups in total. The Bertz CT molecular complexity index is 1070. The summed E-state index contributed by atoms with van der Waals surface area (Å²) < 4.78 is 34.1. The zero-order valence-electron chi connectivity index (χ0n) is 16.4. The number of pyridine rings is 2. The highest BCUT2D eigenvalue weighted by Gasteiger charge is 2.34. The molecule has 2 aromatic rings. The van der Waals surface area contributed by atoms with E-state index >= 15 is 0 Å². The normalized spacial score (nSPS) is 21.1. The molecule has 0 aromatic carbocycles. The number of azide groups is 1. The highest BCUT2D eigenvalue weighted by atomic mass is 35.5. The topological polar surface area (TPSA) is 127 Å². The molecule has 0 spiro atoms. The molecule has 0 amide bonds. The van der Waals surface area contributed by atoms with Gasteiger partial charge in [0, 0.05) is 30.7 Å². The van der Waals surface area contributed by atoms with E-state index in [4.69, 9.17) is 26.6 Å². The van der Waals surface area contributed by atoms with E-state index in [-0.39, 0.29) is 29.5 Å². The average Bonchev–Trinajstić information content (AvgIpc) is 2.58. The highest BCUT2D eigenvalue weighted by molar-refractivity contribution is 7.90. The summed E-state index contributed by atoms with van der Waals surface area (Å²) in [6.07, 6.45) is 5.60. The van der Waals surface area contributed by atoms with Gasteiger partial charge in [0.1, 0.15) is 21.1 Å². The van der Waals surface area contributed by atoms with Gasteiger partial charge in [0.05, 0.1) is 23.3 Å². The fourth-order valence-corrected chi connectivity index (χ4v) is 4.93. The molecule has 1 atom stereocenters. The largest absolute Gasteiger partial charge is 0.474 e. The molecule has 1 aliphatic rings. The molecule has 29 heavy (non-hydrogen) atoms. The third-order valence-electron chi connectivity index (χ3n) is 4.98. The first-order valence-electron chi connectivity index (χ1n) is 8.99. The van der Waals surface area contributed by atoms with Crippen molar-refractivity contribution in [2.24, 2.45) is 11.0 Å². The van der Waals surface area contributed by atoms with Crippen LogP contribution in [0.15, 0.2) is 23.6 Å². The number of halogens is 1. The number of hydrogen-bond acceptors (Lipinski definition) is 7. The molecule has 1 unspecified atom stereocenters. The fraction of sp³-hybridized carbons (Fsp3) is 0.556. The van der Waals surface area contributed by atoms with Crippen LogP contribution in [-0.2, 0) is 20.1 Å². The molecule has 156 valence electrons. The molecular weight excluding hydrogens is 418 g/mol. The van der Waals surface area contributed by atoms with Gasteiger partial charge in [-0.1, -0.05) is 16.7 Å². The summed E-state index contributed by atoms with van der Waals surface area (Å²) in [6.45, 7) is 1.91. The number of fused-ring (bicyclic) bond motifs is 1. The predicted octanol–water partition coefficient (Wildman–Crippen LogP) is 3.66. The molecule has 0 radical (unpaired) electrons. The summed E-state index contributed by atoms with van der Waals surface area (Å²) >= 11 is 6.11. The molecule has 1 fully saturated rings. The first-order chi connectivity index (χ1) is 13.6. The van der Waals surface area contributed by atoms with Crippen LogP contribution in [0, 0.1) is 5.92 Å². The van der Waals surface area contributed by atoms with Gasteiger partial charge in [0.25, 0.3) is 0 Å². The predicted molar refractivity (Wildman–Crippen MR) is 110 cm³/mol. The Labute approximate surface area is 173 Å². The number of aromatic nitrogens is 2. The van der Waals surface area contributed by atoms with Crippen LogP contribution in [0.5, 0.6) is 5.88 Å². The summed E-state index contributed by atoms with van der Waals surface area (Å²) in [6, 6.07) is 1.68. The van der Waals surface area contributed by atoms with Gasteiger partial charge in [0.15, 0.2) is 0 Å².